The van der Waals surface area contributed by atoms with Gasteiger partial charge in [-0.15, -0.1) is 0 Å². The molecule has 0 amide bonds. The summed E-state index contributed by atoms with van der Waals surface area (Å²) in [6.45, 7) is 5.18. The van der Waals surface area contributed by atoms with Crippen molar-refractivity contribution in [2.24, 2.45) is 0 Å². The number of aliphatic hydroxyl groups is 1. The summed E-state index contributed by atoms with van der Waals surface area (Å²) in [7, 11) is 0. The third kappa shape index (κ3) is 8.21. The van der Waals surface area contributed by atoms with Crippen LogP contribution in [0, 0.1) is 11.3 Å². The molecular formula is C12H17NO4. The summed E-state index contributed by atoms with van der Waals surface area (Å²) in [5.41, 5.74) is -0.448. The van der Waals surface area contributed by atoms with Gasteiger partial charge in [0.1, 0.15) is 11.5 Å². The van der Waals surface area contributed by atoms with Crippen LogP contribution in [0.3, 0.4) is 0 Å². The Bertz CT molecular complexity index is 356. The summed E-state index contributed by atoms with van der Waals surface area (Å²) in [6.07, 6.45) is -1.34. The van der Waals surface area contributed by atoms with Gasteiger partial charge in [0.25, 0.3) is 0 Å². The van der Waals surface area contributed by atoms with E-state index in [4.69, 9.17) is 10.00 Å². The number of hydrogen-bond donors (Lipinski definition) is 1. The van der Waals surface area contributed by atoms with Gasteiger partial charge in [-0.1, -0.05) is 0 Å². The summed E-state index contributed by atoms with van der Waals surface area (Å²) >= 11 is 0. The Labute approximate surface area is 101 Å². The molecule has 0 bridgehead atoms. The highest BCUT2D eigenvalue weighted by Gasteiger charge is 2.20. The van der Waals surface area contributed by atoms with Gasteiger partial charge < -0.3 is 9.84 Å². The fourth-order valence-electron chi connectivity index (χ4n) is 1.18. The van der Waals surface area contributed by atoms with E-state index in [0.29, 0.717) is 0 Å². The van der Waals surface area contributed by atoms with Crippen LogP contribution in [0.2, 0.25) is 0 Å². The van der Waals surface area contributed by atoms with Crippen molar-refractivity contribution in [1.82, 2.24) is 0 Å². The van der Waals surface area contributed by atoms with Crippen LogP contribution >= 0.6 is 0 Å². The van der Waals surface area contributed by atoms with Gasteiger partial charge in [-0.05, 0) is 20.8 Å². The lowest BCUT2D eigenvalue weighted by Crippen LogP contribution is -2.26. The van der Waals surface area contributed by atoms with Crippen molar-refractivity contribution in [2.45, 2.75) is 51.7 Å². The van der Waals surface area contributed by atoms with Crippen molar-refractivity contribution in [3.8, 4) is 6.07 Å². The molecule has 0 aliphatic rings. The predicted molar refractivity (Wildman–Crippen MR) is 60.5 cm³/mol. The molecule has 17 heavy (non-hydrogen) atoms. The number of carbonyl (C=O) groups is 1. The highest BCUT2D eigenvalue weighted by Crippen LogP contribution is 2.13. The van der Waals surface area contributed by atoms with Gasteiger partial charge in [-0.3, -0.25) is 4.79 Å². The van der Waals surface area contributed by atoms with Crippen molar-refractivity contribution < 1.29 is 19.4 Å². The Morgan fingerprint density at radius 3 is 2.41 bits per heavy atom. The Morgan fingerprint density at radius 2 is 2.00 bits per heavy atom. The average Bonchev–Trinajstić information content (AvgIpc) is 2.13. The minimum atomic E-state index is -1.02. The molecule has 0 radical (unpaired) electrons. The van der Waals surface area contributed by atoms with Crippen molar-refractivity contribution in [2.75, 3.05) is 0 Å². The zero-order valence-corrected chi connectivity index (χ0v) is 10.3. The molecule has 0 aromatic heterocycles. The number of hydrogen-bond acceptors (Lipinski definition) is 5. The second-order valence-corrected chi connectivity index (χ2v) is 4.69. The molecule has 94 valence electrons. The van der Waals surface area contributed by atoms with E-state index in [9.17, 15) is 14.7 Å². The monoisotopic (exact) mass is 239 g/mol. The molecule has 0 aliphatic carbocycles. The molecule has 0 aromatic rings. The summed E-state index contributed by atoms with van der Waals surface area (Å²) in [5.74, 6) is 1.05. The minimum Gasteiger partial charge on any atom is -0.460 e. The number of ether oxygens (including phenoxy) is 1. The molecule has 0 saturated heterocycles. The van der Waals surface area contributed by atoms with Gasteiger partial charge in [0.15, 0.2) is 0 Å². The molecule has 0 fully saturated rings. The number of aliphatic hydroxyl groups excluding tert-OH is 1. The maximum Gasteiger partial charge on any atom is 0.308 e. The lowest BCUT2D eigenvalue weighted by atomic mass is 10.1. The van der Waals surface area contributed by atoms with Crippen LogP contribution < -0.4 is 0 Å². The molecule has 0 unspecified atom stereocenters. The molecular weight excluding hydrogens is 222 g/mol. The molecule has 5 nitrogen and oxygen atoms in total. The number of rotatable bonds is 5. The van der Waals surface area contributed by atoms with Gasteiger partial charge in [-0.2, -0.15) is 5.26 Å². The van der Waals surface area contributed by atoms with Crippen molar-refractivity contribution in [1.29, 1.82) is 5.26 Å². The van der Waals surface area contributed by atoms with E-state index in [2.05, 4.69) is 0 Å². The molecule has 1 atom stereocenters. The third-order valence-electron chi connectivity index (χ3n) is 1.74. The van der Waals surface area contributed by atoms with Crippen LogP contribution in [0.4, 0.5) is 0 Å². The van der Waals surface area contributed by atoms with E-state index in [1.807, 2.05) is 0 Å². The molecule has 0 spiro atoms. The maximum absolute atomic E-state index is 11.3. The van der Waals surface area contributed by atoms with E-state index >= 15 is 0 Å². The normalized spacial score (nSPS) is 12.2. The van der Waals surface area contributed by atoms with E-state index in [1.54, 1.807) is 32.8 Å². The average molecular weight is 239 g/mol. The number of nitriles is 1. The Kier molecular flexibility index (Phi) is 6.19. The Morgan fingerprint density at radius 1 is 1.41 bits per heavy atom. The second kappa shape index (κ2) is 6.85. The van der Waals surface area contributed by atoms with Gasteiger partial charge in [0, 0.05) is 12.0 Å². The van der Waals surface area contributed by atoms with E-state index < -0.39 is 17.7 Å². The zero-order valence-electron chi connectivity index (χ0n) is 10.3. The Balaban J connectivity index is 4.19. The van der Waals surface area contributed by atoms with Gasteiger partial charge in [-0.25, -0.2) is 4.79 Å². The first-order chi connectivity index (χ1) is 7.78. The molecule has 5 heteroatoms. The zero-order chi connectivity index (χ0) is 13.5. The van der Waals surface area contributed by atoms with Gasteiger partial charge in [0.05, 0.1) is 25.0 Å². The van der Waals surface area contributed by atoms with Crippen molar-refractivity contribution in [3.63, 3.8) is 0 Å². The fourth-order valence-corrected chi connectivity index (χ4v) is 1.18. The molecule has 0 aromatic carbocycles. The maximum atomic E-state index is 11.3. The standard InChI is InChI=1S/C12H17NO4/c1-12(2,3)17-11(16)7-10(15)6-9(8-14)4-5-13/h10,15H,4,6-7H2,1-3H3/t10-/m1/s1. The van der Waals surface area contributed by atoms with Crippen molar-refractivity contribution in [3.05, 3.63) is 5.57 Å². The quantitative estimate of drug-likeness (QED) is 0.574. The number of esters is 1. The van der Waals surface area contributed by atoms with Crippen LogP contribution in [-0.2, 0) is 14.3 Å². The molecule has 1 N–H and O–H groups in total. The largest absolute Gasteiger partial charge is 0.460 e. The third-order valence-corrected chi connectivity index (χ3v) is 1.74. The number of nitrogens with zero attached hydrogens (tertiary/aromatic N) is 1. The first-order valence-corrected chi connectivity index (χ1v) is 5.28. The smallest absolute Gasteiger partial charge is 0.308 e. The van der Waals surface area contributed by atoms with Crippen LogP contribution in [0.25, 0.3) is 0 Å². The summed E-state index contributed by atoms with van der Waals surface area (Å²) < 4.78 is 5.01. The Hall–Kier alpha value is -1.63. The minimum absolute atomic E-state index is 0.0314. The van der Waals surface area contributed by atoms with Gasteiger partial charge in [0.2, 0.25) is 0 Å². The lowest BCUT2D eigenvalue weighted by molar-refractivity contribution is -0.157. The van der Waals surface area contributed by atoms with Crippen LogP contribution in [0.5, 0.6) is 0 Å². The van der Waals surface area contributed by atoms with E-state index in [0.717, 1.165) is 0 Å². The van der Waals surface area contributed by atoms with E-state index in [1.165, 1.54) is 0 Å². The SMILES string of the molecule is CC(C)(C)OC(=O)C[C@H](O)CC(=C=O)CC#N. The van der Waals surface area contributed by atoms with E-state index in [-0.39, 0.29) is 24.8 Å². The topological polar surface area (TPSA) is 87.4 Å². The molecule has 0 aliphatic heterocycles. The first kappa shape index (κ1) is 15.4. The summed E-state index contributed by atoms with van der Waals surface area (Å²) in [4.78, 5) is 21.7. The lowest BCUT2D eigenvalue weighted by Gasteiger charge is -2.20. The van der Waals surface area contributed by atoms with Crippen LogP contribution in [0.1, 0.15) is 40.0 Å². The molecule has 0 heterocycles. The van der Waals surface area contributed by atoms with Gasteiger partial charge >= 0.3 is 5.97 Å². The fraction of sp³-hybridized carbons (Fsp3) is 0.667. The molecule has 0 rings (SSSR count). The highest BCUT2D eigenvalue weighted by molar-refractivity contribution is 5.70. The summed E-state index contributed by atoms with van der Waals surface area (Å²) in [6, 6.07) is 1.79. The first-order valence-electron chi connectivity index (χ1n) is 5.28. The van der Waals surface area contributed by atoms with Crippen LogP contribution in [0.15, 0.2) is 5.57 Å². The second-order valence-electron chi connectivity index (χ2n) is 4.69. The molecule has 0 saturated carbocycles. The van der Waals surface area contributed by atoms with Crippen molar-refractivity contribution >= 4 is 11.9 Å². The predicted octanol–water partition coefficient (Wildman–Crippen LogP) is 1.14. The number of carbonyl (C=O) groups excluding carboxylic acids is 2. The van der Waals surface area contributed by atoms with Crippen LogP contribution in [-0.4, -0.2) is 28.7 Å². The summed E-state index contributed by atoms with van der Waals surface area (Å²) in [5, 5.41) is 17.9. The highest BCUT2D eigenvalue weighted by atomic mass is 16.6.